The van der Waals surface area contributed by atoms with Crippen molar-refractivity contribution in [2.75, 3.05) is 6.61 Å². The van der Waals surface area contributed by atoms with Crippen LogP contribution in [0.3, 0.4) is 0 Å². The second-order valence-corrected chi connectivity index (χ2v) is 4.14. The van der Waals surface area contributed by atoms with Gasteiger partial charge in [0.15, 0.2) is 0 Å². The van der Waals surface area contributed by atoms with Crippen molar-refractivity contribution >= 4 is 5.91 Å². The third-order valence-electron chi connectivity index (χ3n) is 2.85. The standard InChI is InChI=1S/C11H18N2O3/c1-4-11(3,5-6-14)13-10(15)9-7-12-16-8(9)2/h7,14H,4-6H2,1-3H3,(H,13,15). The Kier molecular flexibility index (Phi) is 4.06. The number of hydrogen-bond donors (Lipinski definition) is 2. The Morgan fingerprint density at radius 2 is 2.38 bits per heavy atom. The van der Waals surface area contributed by atoms with Gasteiger partial charge in [0.2, 0.25) is 0 Å². The van der Waals surface area contributed by atoms with Gasteiger partial charge in [0.1, 0.15) is 11.3 Å². The van der Waals surface area contributed by atoms with Crippen molar-refractivity contribution in [2.24, 2.45) is 0 Å². The zero-order valence-corrected chi connectivity index (χ0v) is 9.91. The summed E-state index contributed by atoms with van der Waals surface area (Å²) in [6.45, 7) is 5.62. The summed E-state index contributed by atoms with van der Waals surface area (Å²) in [6.07, 6.45) is 2.68. The number of aliphatic hydroxyl groups is 1. The largest absolute Gasteiger partial charge is 0.396 e. The highest BCUT2D eigenvalue weighted by molar-refractivity contribution is 5.95. The number of aryl methyl sites for hydroxylation is 1. The van der Waals surface area contributed by atoms with Crippen molar-refractivity contribution in [2.45, 2.75) is 39.2 Å². The molecule has 1 atom stereocenters. The van der Waals surface area contributed by atoms with E-state index in [0.717, 1.165) is 6.42 Å². The Morgan fingerprint density at radius 1 is 1.69 bits per heavy atom. The maximum Gasteiger partial charge on any atom is 0.256 e. The van der Waals surface area contributed by atoms with Crippen LogP contribution < -0.4 is 5.32 Å². The molecule has 1 aromatic heterocycles. The van der Waals surface area contributed by atoms with Gasteiger partial charge in [0.05, 0.1) is 6.20 Å². The summed E-state index contributed by atoms with van der Waals surface area (Å²) < 4.78 is 4.83. The van der Waals surface area contributed by atoms with Gasteiger partial charge >= 0.3 is 0 Å². The topological polar surface area (TPSA) is 75.4 Å². The highest BCUT2D eigenvalue weighted by Crippen LogP contribution is 2.16. The number of aliphatic hydroxyl groups excluding tert-OH is 1. The quantitative estimate of drug-likeness (QED) is 0.792. The van der Waals surface area contributed by atoms with E-state index >= 15 is 0 Å². The molecule has 0 saturated carbocycles. The number of nitrogens with one attached hydrogen (secondary N) is 1. The molecule has 0 aliphatic heterocycles. The van der Waals surface area contributed by atoms with Crippen molar-refractivity contribution in [3.63, 3.8) is 0 Å². The van der Waals surface area contributed by atoms with Crippen molar-refractivity contribution in [3.8, 4) is 0 Å². The van der Waals surface area contributed by atoms with Crippen molar-refractivity contribution in [1.29, 1.82) is 0 Å². The van der Waals surface area contributed by atoms with Crippen LogP contribution >= 0.6 is 0 Å². The Morgan fingerprint density at radius 3 is 2.81 bits per heavy atom. The van der Waals surface area contributed by atoms with E-state index in [1.54, 1.807) is 6.92 Å². The minimum atomic E-state index is -0.393. The van der Waals surface area contributed by atoms with E-state index in [0.29, 0.717) is 17.7 Å². The van der Waals surface area contributed by atoms with Crippen LogP contribution in [-0.2, 0) is 0 Å². The molecule has 1 heterocycles. The molecule has 2 N–H and O–H groups in total. The van der Waals surface area contributed by atoms with Gasteiger partial charge in [-0.15, -0.1) is 0 Å². The predicted octanol–water partition coefficient (Wildman–Crippen LogP) is 1.26. The average molecular weight is 226 g/mol. The fourth-order valence-corrected chi connectivity index (χ4v) is 1.43. The zero-order chi connectivity index (χ0) is 12.2. The lowest BCUT2D eigenvalue weighted by Gasteiger charge is -2.28. The average Bonchev–Trinajstić information content (AvgIpc) is 2.65. The molecular formula is C11H18N2O3. The molecule has 1 unspecified atom stereocenters. The molecule has 0 spiro atoms. The first-order valence-corrected chi connectivity index (χ1v) is 5.37. The normalized spacial score (nSPS) is 14.5. The minimum absolute atomic E-state index is 0.0488. The molecule has 0 aromatic carbocycles. The molecule has 1 aromatic rings. The fourth-order valence-electron chi connectivity index (χ4n) is 1.43. The van der Waals surface area contributed by atoms with Crippen LogP contribution in [0.5, 0.6) is 0 Å². The number of nitrogens with zero attached hydrogens (tertiary/aromatic N) is 1. The molecule has 1 rings (SSSR count). The number of carbonyl (C=O) groups excluding carboxylic acids is 1. The van der Waals surface area contributed by atoms with Crippen LogP contribution in [0.1, 0.15) is 42.8 Å². The van der Waals surface area contributed by atoms with Crippen molar-refractivity contribution in [1.82, 2.24) is 10.5 Å². The van der Waals surface area contributed by atoms with Gasteiger partial charge in [-0.25, -0.2) is 0 Å². The molecule has 0 aliphatic carbocycles. The molecule has 5 nitrogen and oxygen atoms in total. The van der Waals surface area contributed by atoms with E-state index in [-0.39, 0.29) is 12.5 Å². The molecule has 5 heteroatoms. The van der Waals surface area contributed by atoms with Crippen molar-refractivity contribution in [3.05, 3.63) is 17.5 Å². The Balaban J connectivity index is 2.73. The van der Waals surface area contributed by atoms with Gasteiger partial charge in [0, 0.05) is 12.1 Å². The Hall–Kier alpha value is -1.36. The number of rotatable bonds is 5. The third kappa shape index (κ3) is 2.82. The molecular weight excluding hydrogens is 208 g/mol. The summed E-state index contributed by atoms with van der Waals surface area (Å²) in [6, 6.07) is 0. The predicted molar refractivity (Wildman–Crippen MR) is 59.1 cm³/mol. The first kappa shape index (κ1) is 12.7. The van der Waals surface area contributed by atoms with Crippen LogP contribution in [0, 0.1) is 6.92 Å². The molecule has 1 amide bonds. The molecule has 90 valence electrons. The summed E-state index contributed by atoms with van der Waals surface area (Å²) in [5.41, 5.74) is 0.0489. The van der Waals surface area contributed by atoms with E-state index in [1.165, 1.54) is 6.20 Å². The van der Waals surface area contributed by atoms with Crippen LogP contribution in [0.15, 0.2) is 10.7 Å². The molecule has 0 bridgehead atoms. The lowest BCUT2D eigenvalue weighted by atomic mass is 9.94. The monoisotopic (exact) mass is 226 g/mol. The van der Waals surface area contributed by atoms with Crippen LogP contribution in [0.25, 0.3) is 0 Å². The molecule has 0 radical (unpaired) electrons. The van der Waals surface area contributed by atoms with Crippen LogP contribution in [0.2, 0.25) is 0 Å². The van der Waals surface area contributed by atoms with Gasteiger partial charge in [-0.1, -0.05) is 12.1 Å². The van der Waals surface area contributed by atoms with E-state index < -0.39 is 5.54 Å². The van der Waals surface area contributed by atoms with Gasteiger partial charge in [-0.3, -0.25) is 4.79 Å². The maximum absolute atomic E-state index is 11.9. The SMILES string of the molecule is CCC(C)(CCO)NC(=O)c1cnoc1C. The highest BCUT2D eigenvalue weighted by atomic mass is 16.5. The number of amides is 1. The summed E-state index contributed by atoms with van der Waals surface area (Å²) in [4.78, 5) is 11.9. The Labute approximate surface area is 94.8 Å². The van der Waals surface area contributed by atoms with E-state index in [2.05, 4.69) is 10.5 Å². The summed E-state index contributed by atoms with van der Waals surface area (Å²) in [5.74, 6) is 0.288. The summed E-state index contributed by atoms with van der Waals surface area (Å²) >= 11 is 0. The van der Waals surface area contributed by atoms with Gasteiger partial charge in [0.25, 0.3) is 5.91 Å². The summed E-state index contributed by atoms with van der Waals surface area (Å²) in [7, 11) is 0. The summed E-state index contributed by atoms with van der Waals surface area (Å²) in [5, 5.41) is 15.4. The van der Waals surface area contributed by atoms with Crippen LogP contribution in [-0.4, -0.2) is 28.3 Å². The molecule has 0 saturated heterocycles. The fraction of sp³-hybridized carbons (Fsp3) is 0.636. The highest BCUT2D eigenvalue weighted by Gasteiger charge is 2.25. The molecule has 0 fully saturated rings. The third-order valence-corrected chi connectivity index (χ3v) is 2.85. The van der Waals surface area contributed by atoms with Gasteiger partial charge in [-0.05, 0) is 26.7 Å². The first-order chi connectivity index (χ1) is 7.52. The van der Waals surface area contributed by atoms with E-state index in [9.17, 15) is 4.79 Å². The number of hydrogen-bond acceptors (Lipinski definition) is 4. The number of aromatic nitrogens is 1. The second kappa shape index (κ2) is 5.12. The molecule has 0 aliphatic rings. The van der Waals surface area contributed by atoms with E-state index in [1.807, 2.05) is 13.8 Å². The lowest BCUT2D eigenvalue weighted by molar-refractivity contribution is 0.0884. The van der Waals surface area contributed by atoms with E-state index in [4.69, 9.17) is 9.63 Å². The second-order valence-electron chi connectivity index (χ2n) is 4.14. The maximum atomic E-state index is 11.9. The minimum Gasteiger partial charge on any atom is -0.396 e. The Bertz CT molecular complexity index is 362. The van der Waals surface area contributed by atoms with Gasteiger partial charge < -0.3 is 14.9 Å². The smallest absolute Gasteiger partial charge is 0.256 e. The lowest BCUT2D eigenvalue weighted by Crippen LogP contribution is -2.46. The van der Waals surface area contributed by atoms with Gasteiger partial charge in [-0.2, -0.15) is 0 Å². The first-order valence-electron chi connectivity index (χ1n) is 5.37. The molecule has 16 heavy (non-hydrogen) atoms. The zero-order valence-electron chi connectivity index (χ0n) is 9.91. The number of carbonyl (C=O) groups is 1. The van der Waals surface area contributed by atoms with Crippen LogP contribution in [0.4, 0.5) is 0 Å². The van der Waals surface area contributed by atoms with Crippen molar-refractivity contribution < 1.29 is 14.4 Å².